The summed E-state index contributed by atoms with van der Waals surface area (Å²) in [7, 11) is 3.66. The lowest BCUT2D eigenvalue weighted by Gasteiger charge is -2.32. The van der Waals surface area contributed by atoms with Crippen molar-refractivity contribution in [3.05, 3.63) is 120 Å². The fourth-order valence-corrected chi connectivity index (χ4v) is 11.1. The van der Waals surface area contributed by atoms with Crippen molar-refractivity contribution >= 4 is 51.5 Å². The van der Waals surface area contributed by atoms with Crippen molar-refractivity contribution in [2.75, 3.05) is 101 Å². The average molecular weight is 1150 g/mol. The maximum Gasteiger partial charge on any atom is 0.406 e. The summed E-state index contributed by atoms with van der Waals surface area (Å²) in [6.07, 6.45) is 0.585. The van der Waals surface area contributed by atoms with Gasteiger partial charge in [0, 0.05) is 78.8 Å². The van der Waals surface area contributed by atoms with Gasteiger partial charge in [0.25, 0.3) is 5.91 Å². The SMILES string of the molecule is C=CN(Cc1cccc(OCC(=O)NCCCOC2CCN(CCCN(C)Sc3ccc(NCC#Cc4cc5c(NC6CCNCC6F)cccc5n4CC(F)(F)F)c(OC)c3)CC2)c1)c1cc(-c2c(C)noc2C)cc(N)c1C.CC. The topological polar surface area (TPSA) is 160 Å². The van der Waals surface area contributed by atoms with Crippen molar-refractivity contribution in [2.45, 2.75) is 109 Å². The normalized spacial score (nSPS) is 15.8. The molecule has 4 heterocycles. The number of likely N-dealkylation sites (tertiary alicyclic amines) is 1. The van der Waals surface area contributed by atoms with Crippen LogP contribution in [0.3, 0.4) is 0 Å². The molecule has 2 unspecified atom stereocenters. The molecule has 15 nitrogen and oxygen atoms in total. The van der Waals surface area contributed by atoms with E-state index in [0.717, 1.165) is 89.7 Å². The molecule has 0 spiro atoms. The average Bonchev–Trinajstić information content (AvgIpc) is 4.22. The molecule has 2 aromatic heterocycles. The van der Waals surface area contributed by atoms with Crippen LogP contribution in [0.2, 0.25) is 0 Å². The van der Waals surface area contributed by atoms with E-state index in [1.807, 2.05) is 88.0 Å². The van der Waals surface area contributed by atoms with E-state index in [0.29, 0.717) is 78.5 Å². The highest BCUT2D eigenvalue weighted by Gasteiger charge is 2.31. The van der Waals surface area contributed by atoms with E-state index in [1.54, 1.807) is 49.5 Å². The first kappa shape index (κ1) is 62.7. The number of fused-ring (bicyclic) bond motifs is 1. The largest absolute Gasteiger partial charge is 0.495 e. The third-order valence-corrected chi connectivity index (χ3v) is 15.4. The number of alkyl halides is 4. The van der Waals surface area contributed by atoms with Crippen molar-refractivity contribution in [1.82, 2.24) is 29.6 Å². The minimum atomic E-state index is -4.47. The number of halogens is 4. The standard InChI is InChI=1S/C60H74F4N10O5S.C2H6/c1-7-73(56-33-44(32-51(65)40(56)2)59-41(3)70-79-42(59)4)37-43-13-8-15-47(31-43)78-38-58(75)68-24-11-30-77-46-21-28-72(29-22-46)27-12-26-71(5)80-48-18-19-54(57(35-48)76-6)67-23-10-14-45-34-49-52(69-53-20-25-66-36-50(53)61)16-9-17-55(49)74(45)39-60(62,63)64;1-2/h7-9,13,15-19,31-35,46,50,53,66-67,69H,1,11-12,20-30,36-39,65H2,2-6H3,(H,68,75);1-2H3. The van der Waals surface area contributed by atoms with E-state index in [9.17, 15) is 22.4 Å². The van der Waals surface area contributed by atoms with Gasteiger partial charge in [0.1, 0.15) is 30.0 Å². The van der Waals surface area contributed by atoms with E-state index in [4.69, 9.17) is 24.5 Å². The highest BCUT2D eigenvalue weighted by Crippen LogP contribution is 2.37. The van der Waals surface area contributed by atoms with Crippen molar-refractivity contribution in [2.24, 2.45) is 0 Å². The number of carbonyl (C=O) groups is 1. The maximum absolute atomic E-state index is 14.7. The molecule has 2 aliphatic rings. The molecule has 0 aliphatic carbocycles. The van der Waals surface area contributed by atoms with Crippen LogP contribution in [0.25, 0.3) is 22.0 Å². The minimum Gasteiger partial charge on any atom is -0.495 e. The van der Waals surface area contributed by atoms with Crippen LogP contribution in [0.1, 0.15) is 74.2 Å². The third kappa shape index (κ3) is 17.6. The van der Waals surface area contributed by atoms with Gasteiger partial charge in [-0.1, -0.05) is 49.7 Å². The molecule has 2 saturated heterocycles. The van der Waals surface area contributed by atoms with Crippen molar-refractivity contribution in [1.29, 1.82) is 0 Å². The Kier molecular flexibility index (Phi) is 23.3. The van der Waals surface area contributed by atoms with E-state index in [1.165, 1.54) is 4.57 Å². The molecule has 20 heteroatoms. The number of aryl methyl sites for hydroxylation is 2. The Balaban J connectivity index is 0.00000479. The zero-order valence-corrected chi connectivity index (χ0v) is 49.1. The second-order valence-corrected chi connectivity index (χ2v) is 21.6. The molecular weight excluding hydrogens is 1070 g/mol. The summed E-state index contributed by atoms with van der Waals surface area (Å²) in [5.41, 5.74) is 14.5. The van der Waals surface area contributed by atoms with Crippen LogP contribution in [0.4, 0.5) is 40.3 Å². The molecular formula is C62H80F4N10O5S. The summed E-state index contributed by atoms with van der Waals surface area (Å²) in [5.74, 6) is 7.69. The number of nitrogens with one attached hydrogen (secondary N) is 4. The van der Waals surface area contributed by atoms with Gasteiger partial charge in [-0.25, -0.2) is 8.70 Å². The summed E-state index contributed by atoms with van der Waals surface area (Å²) in [6, 6.07) is 23.8. The summed E-state index contributed by atoms with van der Waals surface area (Å²) in [5, 5.41) is 17.1. The molecule has 2 fully saturated rings. The van der Waals surface area contributed by atoms with Gasteiger partial charge in [0.15, 0.2) is 6.61 Å². The van der Waals surface area contributed by atoms with Crippen LogP contribution in [0.5, 0.6) is 11.5 Å². The number of methoxy groups -OCH3 is 1. The predicted molar refractivity (Wildman–Crippen MR) is 323 cm³/mol. The number of amides is 1. The zero-order chi connectivity index (χ0) is 58.8. The smallest absolute Gasteiger partial charge is 0.406 e. The molecule has 6 aromatic rings. The van der Waals surface area contributed by atoms with Crippen LogP contribution < -0.4 is 41.4 Å². The Bertz CT molecular complexity index is 3090. The van der Waals surface area contributed by atoms with Crippen LogP contribution in [0, 0.1) is 32.6 Å². The first-order valence-corrected chi connectivity index (χ1v) is 29.0. The monoisotopic (exact) mass is 1150 g/mol. The fourth-order valence-electron chi connectivity index (χ4n) is 10.2. The van der Waals surface area contributed by atoms with Crippen molar-refractivity contribution in [3.63, 3.8) is 0 Å². The van der Waals surface area contributed by atoms with Gasteiger partial charge in [-0.15, -0.1) is 0 Å². The highest BCUT2D eigenvalue weighted by molar-refractivity contribution is 7.97. The fraction of sp³-hybridized carbons (Fsp3) is 0.452. The van der Waals surface area contributed by atoms with Crippen LogP contribution in [-0.2, 0) is 22.6 Å². The number of piperidine rings is 2. The van der Waals surface area contributed by atoms with Gasteiger partial charge in [0.2, 0.25) is 0 Å². The van der Waals surface area contributed by atoms with E-state index in [-0.39, 0.29) is 37.4 Å². The van der Waals surface area contributed by atoms with Crippen LogP contribution in [-0.4, -0.2) is 129 Å². The minimum absolute atomic E-state index is 0.0973. The summed E-state index contributed by atoms with van der Waals surface area (Å²) in [6.45, 7) is 19.0. The van der Waals surface area contributed by atoms with E-state index in [2.05, 4.69) is 67.2 Å². The van der Waals surface area contributed by atoms with Gasteiger partial charge in [-0.05, 0) is 174 Å². The predicted octanol–water partition coefficient (Wildman–Crippen LogP) is 11.5. The number of carbonyl (C=O) groups excluding carboxylic acids is 1. The van der Waals surface area contributed by atoms with Crippen LogP contribution >= 0.6 is 11.9 Å². The maximum atomic E-state index is 14.7. The molecule has 2 aliphatic heterocycles. The Morgan fingerprint density at radius 2 is 1.82 bits per heavy atom. The van der Waals surface area contributed by atoms with E-state index >= 15 is 0 Å². The number of ether oxygens (including phenoxy) is 3. The molecule has 82 heavy (non-hydrogen) atoms. The molecule has 6 N–H and O–H groups in total. The number of benzene rings is 4. The molecule has 0 saturated carbocycles. The van der Waals surface area contributed by atoms with Crippen molar-refractivity contribution in [3.8, 4) is 34.5 Å². The van der Waals surface area contributed by atoms with E-state index < -0.39 is 24.9 Å². The molecule has 8 rings (SSSR count). The number of hydrogen-bond donors (Lipinski definition) is 5. The molecule has 0 radical (unpaired) electrons. The number of hydrogen-bond acceptors (Lipinski definition) is 14. The molecule has 442 valence electrons. The number of nitrogens with two attached hydrogens (primary N) is 1. The summed E-state index contributed by atoms with van der Waals surface area (Å²) >= 11 is 1.63. The quantitative estimate of drug-likeness (QED) is 0.0121. The molecule has 1 amide bonds. The third-order valence-electron chi connectivity index (χ3n) is 14.4. The number of nitrogens with zero attached hydrogens (tertiary/aromatic N) is 5. The lowest BCUT2D eigenvalue weighted by Crippen LogP contribution is -2.45. The lowest BCUT2D eigenvalue weighted by molar-refractivity contribution is -0.140. The number of nitrogen functional groups attached to an aromatic ring is 1. The Morgan fingerprint density at radius 1 is 1.02 bits per heavy atom. The molecule has 0 bridgehead atoms. The second-order valence-electron chi connectivity index (χ2n) is 20.3. The number of aromatic nitrogens is 2. The number of anilines is 4. The van der Waals surface area contributed by atoms with Gasteiger partial charge < -0.3 is 60.1 Å². The molecule has 4 aromatic carbocycles. The van der Waals surface area contributed by atoms with Gasteiger partial charge >= 0.3 is 6.18 Å². The first-order chi connectivity index (χ1) is 39.5. The lowest BCUT2D eigenvalue weighted by atomic mass is 9.99. The summed E-state index contributed by atoms with van der Waals surface area (Å²) in [4.78, 5) is 18.2. The molecule has 2 atom stereocenters. The summed E-state index contributed by atoms with van der Waals surface area (Å²) < 4.78 is 82.6. The Hall–Kier alpha value is -6.89. The van der Waals surface area contributed by atoms with Crippen molar-refractivity contribution < 1.29 is 41.1 Å². The van der Waals surface area contributed by atoms with Gasteiger partial charge in [0.05, 0.1) is 48.4 Å². The van der Waals surface area contributed by atoms with Gasteiger partial charge in [-0.3, -0.25) is 4.79 Å². The second kappa shape index (κ2) is 30.4. The van der Waals surface area contributed by atoms with Gasteiger partial charge in [-0.2, -0.15) is 13.2 Å². The Labute approximate surface area is 484 Å². The van der Waals surface area contributed by atoms with Crippen LogP contribution in [0.15, 0.2) is 101 Å². The zero-order valence-electron chi connectivity index (χ0n) is 48.3. The number of rotatable bonds is 25. The Morgan fingerprint density at radius 3 is 2.55 bits per heavy atom. The first-order valence-electron chi connectivity index (χ1n) is 28.2. The highest BCUT2D eigenvalue weighted by atomic mass is 32.2.